The van der Waals surface area contributed by atoms with Gasteiger partial charge in [-0.05, 0) is 30.2 Å². The van der Waals surface area contributed by atoms with E-state index in [9.17, 15) is 9.90 Å². The Bertz CT molecular complexity index is 568. The summed E-state index contributed by atoms with van der Waals surface area (Å²) in [6.07, 6.45) is 1.22. The molecule has 0 saturated carbocycles. The van der Waals surface area contributed by atoms with Gasteiger partial charge < -0.3 is 15.7 Å². The molecule has 2 rings (SSSR count). The lowest BCUT2D eigenvalue weighted by Gasteiger charge is -2.09. The standard InChI is InChI=1S/C16H19N3O2/c1-12(20)14-7-5-13(6-8-14)10-18-16(21)19-11-15-4-2-3-9-17-15/h2-9,12,20H,10-11H2,1H3,(H2,18,19,21)/t12-/m1/s1. The van der Waals surface area contributed by atoms with E-state index in [0.717, 1.165) is 16.8 Å². The highest BCUT2D eigenvalue weighted by atomic mass is 16.3. The number of hydrogen-bond donors (Lipinski definition) is 3. The van der Waals surface area contributed by atoms with Crippen molar-refractivity contribution in [2.75, 3.05) is 0 Å². The number of aliphatic hydroxyl groups is 1. The van der Waals surface area contributed by atoms with E-state index in [4.69, 9.17) is 0 Å². The number of hydrogen-bond acceptors (Lipinski definition) is 3. The van der Waals surface area contributed by atoms with Crippen LogP contribution in [0.5, 0.6) is 0 Å². The lowest BCUT2D eigenvalue weighted by molar-refractivity contribution is 0.199. The summed E-state index contributed by atoms with van der Waals surface area (Å²) in [7, 11) is 0. The average molecular weight is 285 g/mol. The maximum Gasteiger partial charge on any atom is 0.315 e. The number of urea groups is 1. The third kappa shape index (κ3) is 4.89. The minimum Gasteiger partial charge on any atom is -0.389 e. The summed E-state index contributed by atoms with van der Waals surface area (Å²) in [4.78, 5) is 15.8. The minimum atomic E-state index is -0.478. The van der Waals surface area contributed by atoms with Crippen LogP contribution in [-0.4, -0.2) is 16.1 Å². The Morgan fingerprint density at radius 3 is 2.48 bits per heavy atom. The zero-order valence-electron chi connectivity index (χ0n) is 11.9. The predicted octanol–water partition coefficient (Wildman–Crippen LogP) is 2.13. The fraction of sp³-hybridized carbons (Fsp3) is 0.250. The number of carbonyl (C=O) groups is 1. The van der Waals surface area contributed by atoms with Crippen molar-refractivity contribution < 1.29 is 9.90 Å². The Balaban J connectivity index is 1.76. The Hall–Kier alpha value is -2.40. The number of amides is 2. The van der Waals surface area contributed by atoms with Crippen LogP contribution in [0.25, 0.3) is 0 Å². The van der Waals surface area contributed by atoms with Gasteiger partial charge in [-0.2, -0.15) is 0 Å². The van der Waals surface area contributed by atoms with E-state index in [0.29, 0.717) is 13.1 Å². The summed E-state index contributed by atoms with van der Waals surface area (Å²) in [6.45, 7) is 2.56. The summed E-state index contributed by atoms with van der Waals surface area (Å²) in [5.74, 6) is 0. The van der Waals surface area contributed by atoms with Crippen LogP contribution in [0.4, 0.5) is 4.79 Å². The van der Waals surface area contributed by atoms with E-state index in [-0.39, 0.29) is 6.03 Å². The van der Waals surface area contributed by atoms with Crippen molar-refractivity contribution in [2.24, 2.45) is 0 Å². The first kappa shape index (κ1) is 15.0. The number of carbonyl (C=O) groups excluding carboxylic acids is 1. The molecule has 110 valence electrons. The number of aliphatic hydroxyl groups excluding tert-OH is 1. The smallest absolute Gasteiger partial charge is 0.315 e. The first-order valence-electron chi connectivity index (χ1n) is 6.83. The van der Waals surface area contributed by atoms with Gasteiger partial charge in [-0.15, -0.1) is 0 Å². The van der Waals surface area contributed by atoms with Crippen molar-refractivity contribution in [3.8, 4) is 0 Å². The van der Waals surface area contributed by atoms with Gasteiger partial charge >= 0.3 is 6.03 Å². The minimum absolute atomic E-state index is 0.236. The number of aromatic nitrogens is 1. The number of rotatable bonds is 5. The molecule has 21 heavy (non-hydrogen) atoms. The molecular weight excluding hydrogens is 266 g/mol. The summed E-state index contributed by atoms with van der Waals surface area (Å²) in [5.41, 5.74) is 2.65. The van der Waals surface area contributed by atoms with Crippen molar-refractivity contribution in [3.05, 3.63) is 65.5 Å². The van der Waals surface area contributed by atoms with E-state index in [1.54, 1.807) is 13.1 Å². The molecule has 2 aromatic rings. The fourth-order valence-electron chi connectivity index (χ4n) is 1.83. The van der Waals surface area contributed by atoms with Gasteiger partial charge in [0.25, 0.3) is 0 Å². The number of nitrogens with zero attached hydrogens (tertiary/aromatic N) is 1. The zero-order chi connectivity index (χ0) is 15.1. The van der Waals surface area contributed by atoms with Gasteiger partial charge in [-0.3, -0.25) is 4.98 Å². The SMILES string of the molecule is C[C@@H](O)c1ccc(CNC(=O)NCc2ccccn2)cc1. The van der Waals surface area contributed by atoms with Crippen LogP contribution in [0.2, 0.25) is 0 Å². The van der Waals surface area contributed by atoms with Crippen LogP contribution in [0.15, 0.2) is 48.7 Å². The van der Waals surface area contributed by atoms with Crippen molar-refractivity contribution in [1.82, 2.24) is 15.6 Å². The zero-order valence-corrected chi connectivity index (χ0v) is 11.9. The number of nitrogens with one attached hydrogen (secondary N) is 2. The molecular formula is C16H19N3O2. The highest BCUT2D eigenvalue weighted by molar-refractivity contribution is 5.73. The maximum atomic E-state index is 11.7. The highest BCUT2D eigenvalue weighted by Crippen LogP contribution is 2.12. The molecule has 5 nitrogen and oxygen atoms in total. The van der Waals surface area contributed by atoms with E-state index in [2.05, 4.69) is 15.6 Å². The van der Waals surface area contributed by atoms with Gasteiger partial charge in [-0.1, -0.05) is 30.3 Å². The first-order chi connectivity index (χ1) is 10.1. The van der Waals surface area contributed by atoms with Crippen molar-refractivity contribution >= 4 is 6.03 Å². The van der Waals surface area contributed by atoms with Crippen molar-refractivity contribution in [3.63, 3.8) is 0 Å². The third-order valence-electron chi connectivity index (χ3n) is 3.07. The number of benzene rings is 1. The second-order valence-electron chi connectivity index (χ2n) is 4.77. The van der Waals surface area contributed by atoms with Gasteiger partial charge in [0.05, 0.1) is 18.3 Å². The monoisotopic (exact) mass is 285 g/mol. The van der Waals surface area contributed by atoms with E-state index in [1.807, 2.05) is 42.5 Å². The molecule has 0 aliphatic rings. The van der Waals surface area contributed by atoms with E-state index < -0.39 is 6.10 Å². The average Bonchev–Trinajstić information content (AvgIpc) is 2.52. The Morgan fingerprint density at radius 1 is 1.14 bits per heavy atom. The highest BCUT2D eigenvalue weighted by Gasteiger charge is 2.03. The van der Waals surface area contributed by atoms with Gasteiger partial charge in [0, 0.05) is 12.7 Å². The Morgan fingerprint density at radius 2 is 1.86 bits per heavy atom. The summed E-state index contributed by atoms with van der Waals surface area (Å²) >= 11 is 0. The number of pyridine rings is 1. The fourth-order valence-corrected chi connectivity index (χ4v) is 1.83. The molecule has 0 aliphatic carbocycles. The lowest BCUT2D eigenvalue weighted by Crippen LogP contribution is -2.34. The molecule has 0 spiro atoms. The molecule has 0 saturated heterocycles. The van der Waals surface area contributed by atoms with E-state index >= 15 is 0 Å². The molecule has 1 aromatic heterocycles. The van der Waals surface area contributed by atoms with Crippen LogP contribution in [-0.2, 0) is 13.1 Å². The molecule has 1 aromatic carbocycles. The van der Waals surface area contributed by atoms with E-state index in [1.165, 1.54) is 0 Å². The van der Waals surface area contributed by atoms with Gasteiger partial charge in [0.1, 0.15) is 0 Å². The first-order valence-corrected chi connectivity index (χ1v) is 6.83. The summed E-state index contributed by atoms with van der Waals surface area (Å²) in [6, 6.07) is 12.8. The Labute approximate surface area is 124 Å². The Kier molecular flexibility index (Phi) is 5.29. The topological polar surface area (TPSA) is 74.2 Å². The van der Waals surface area contributed by atoms with Crippen LogP contribution in [0.1, 0.15) is 29.8 Å². The van der Waals surface area contributed by atoms with Crippen LogP contribution >= 0.6 is 0 Å². The quantitative estimate of drug-likeness (QED) is 0.788. The molecule has 0 unspecified atom stereocenters. The molecule has 1 atom stereocenters. The van der Waals surface area contributed by atoms with Gasteiger partial charge in [0.2, 0.25) is 0 Å². The molecule has 3 N–H and O–H groups in total. The van der Waals surface area contributed by atoms with Crippen molar-refractivity contribution in [2.45, 2.75) is 26.1 Å². The van der Waals surface area contributed by atoms with Crippen LogP contribution in [0.3, 0.4) is 0 Å². The van der Waals surface area contributed by atoms with Gasteiger partial charge in [0.15, 0.2) is 0 Å². The largest absolute Gasteiger partial charge is 0.389 e. The van der Waals surface area contributed by atoms with Crippen LogP contribution in [0, 0.1) is 0 Å². The third-order valence-corrected chi connectivity index (χ3v) is 3.07. The molecule has 1 heterocycles. The molecule has 0 radical (unpaired) electrons. The molecule has 0 aliphatic heterocycles. The normalized spacial score (nSPS) is 11.7. The molecule has 0 bridgehead atoms. The summed E-state index contributed by atoms with van der Waals surface area (Å²) in [5, 5.41) is 14.9. The maximum absolute atomic E-state index is 11.7. The van der Waals surface area contributed by atoms with Crippen molar-refractivity contribution in [1.29, 1.82) is 0 Å². The molecule has 5 heteroatoms. The summed E-state index contributed by atoms with van der Waals surface area (Å²) < 4.78 is 0. The molecule has 2 amide bonds. The second-order valence-corrected chi connectivity index (χ2v) is 4.77. The lowest BCUT2D eigenvalue weighted by atomic mass is 10.1. The molecule has 0 fully saturated rings. The van der Waals surface area contributed by atoms with Gasteiger partial charge in [-0.25, -0.2) is 4.79 Å². The van der Waals surface area contributed by atoms with Crippen LogP contribution < -0.4 is 10.6 Å². The second kappa shape index (κ2) is 7.40. The predicted molar refractivity (Wildman–Crippen MR) is 80.4 cm³/mol.